The van der Waals surface area contributed by atoms with Crippen LogP contribution in [0.2, 0.25) is 0 Å². The lowest BCUT2D eigenvalue weighted by Crippen LogP contribution is -2.22. The first kappa shape index (κ1) is 12.3. The Balaban J connectivity index is 2.01. The number of aromatic carboxylic acids is 1. The first-order chi connectivity index (χ1) is 8.58. The van der Waals surface area contributed by atoms with Crippen molar-refractivity contribution in [3.05, 3.63) is 39.7 Å². The van der Waals surface area contributed by atoms with E-state index in [0.717, 1.165) is 11.3 Å². The van der Waals surface area contributed by atoms with Gasteiger partial charge in [-0.2, -0.15) is 0 Å². The third-order valence-electron chi connectivity index (χ3n) is 2.22. The molecule has 2 aromatic heterocycles. The highest BCUT2D eigenvalue weighted by Crippen LogP contribution is 2.17. The van der Waals surface area contributed by atoms with Crippen LogP contribution in [0.5, 0.6) is 0 Å². The topological polar surface area (TPSA) is 92.4 Å². The van der Waals surface area contributed by atoms with Gasteiger partial charge in [0.05, 0.1) is 24.1 Å². The maximum absolute atomic E-state index is 11.6. The number of nitrogens with one attached hydrogen (secondary N) is 1. The molecule has 6 nitrogen and oxygen atoms in total. The largest absolute Gasteiger partial charge is 0.477 e. The van der Waals surface area contributed by atoms with Crippen molar-refractivity contribution in [1.82, 2.24) is 10.3 Å². The van der Waals surface area contributed by atoms with Gasteiger partial charge in [-0.1, -0.05) is 0 Å². The maximum atomic E-state index is 11.6. The highest BCUT2D eigenvalue weighted by molar-refractivity contribution is 7.13. The van der Waals surface area contributed by atoms with Crippen LogP contribution in [0.15, 0.2) is 23.0 Å². The molecule has 0 aliphatic carbocycles. The van der Waals surface area contributed by atoms with Gasteiger partial charge in [0.1, 0.15) is 16.1 Å². The molecule has 2 aromatic rings. The van der Waals surface area contributed by atoms with Gasteiger partial charge in [-0.25, -0.2) is 9.78 Å². The van der Waals surface area contributed by atoms with Crippen molar-refractivity contribution < 1.29 is 19.1 Å². The Hall–Kier alpha value is -2.15. The highest BCUT2D eigenvalue weighted by Gasteiger charge is 2.14. The molecule has 2 N–H and O–H groups in total. The van der Waals surface area contributed by atoms with Gasteiger partial charge in [0.15, 0.2) is 0 Å². The number of hydrogen-bond donors (Lipinski definition) is 2. The number of aryl methyl sites for hydroxylation is 1. The van der Waals surface area contributed by atoms with E-state index in [4.69, 9.17) is 9.52 Å². The third kappa shape index (κ3) is 2.57. The molecule has 0 saturated carbocycles. The van der Waals surface area contributed by atoms with E-state index in [0.29, 0.717) is 16.3 Å². The Kier molecular flexibility index (Phi) is 3.42. The minimum absolute atomic E-state index is 0.197. The SMILES string of the molecule is Cc1nc(CNC(=O)c2ccoc2)sc1C(=O)O. The summed E-state index contributed by atoms with van der Waals surface area (Å²) >= 11 is 1.06. The molecular weight excluding hydrogens is 256 g/mol. The molecule has 18 heavy (non-hydrogen) atoms. The van der Waals surface area contributed by atoms with Crippen LogP contribution in [0.1, 0.15) is 30.7 Å². The summed E-state index contributed by atoms with van der Waals surface area (Å²) < 4.78 is 4.79. The van der Waals surface area contributed by atoms with Gasteiger partial charge in [0.2, 0.25) is 0 Å². The summed E-state index contributed by atoms with van der Waals surface area (Å²) in [5.74, 6) is -1.29. The highest BCUT2D eigenvalue weighted by atomic mass is 32.1. The fourth-order valence-corrected chi connectivity index (χ4v) is 2.22. The number of rotatable bonds is 4. The van der Waals surface area contributed by atoms with Crippen LogP contribution in [-0.4, -0.2) is 22.0 Å². The average Bonchev–Trinajstić information content (AvgIpc) is 2.94. The Bertz CT molecular complexity index is 574. The average molecular weight is 266 g/mol. The molecule has 0 atom stereocenters. The van der Waals surface area contributed by atoms with E-state index in [9.17, 15) is 9.59 Å². The van der Waals surface area contributed by atoms with Crippen LogP contribution >= 0.6 is 11.3 Å². The summed E-state index contributed by atoms with van der Waals surface area (Å²) in [5, 5.41) is 12.1. The van der Waals surface area contributed by atoms with Gasteiger partial charge < -0.3 is 14.8 Å². The van der Waals surface area contributed by atoms with Gasteiger partial charge in [-0.15, -0.1) is 11.3 Å². The summed E-state index contributed by atoms with van der Waals surface area (Å²) in [6, 6.07) is 1.55. The predicted octanol–water partition coefficient (Wildman–Crippen LogP) is 1.67. The molecule has 2 heterocycles. The minimum Gasteiger partial charge on any atom is -0.477 e. The van der Waals surface area contributed by atoms with E-state index in [-0.39, 0.29) is 17.3 Å². The monoisotopic (exact) mass is 266 g/mol. The van der Waals surface area contributed by atoms with Crippen molar-refractivity contribution in [2.75, 3.05) is 0 Å². The first-order valence-corrected chi connectivity index (χ1v) is 5.89. The lowest BCUT2D eigenvalue weighted by molar-refractivity contribution is 0.0701. The molecule has 0 unspecified atom stereocenters. The summed E-state index contributed by atoms with van der Waals surface area (Å²) in [5.41, 5.74) is 0.877. The summed E-state index contributed by atoms with van der Waals surface area (Å²) in [4.78, 5) is 26.7. The zero-order chi connectivity index (χ0) is 13.1. The smallest absolute Gasteiger partial charge is 0.347 e. The van der Waals surface area contributed by atoms with Crippen LogP contribution < -0.4 is 5.32 Å². The van der Waals surface area contributed by atoms with Crippen molar-refractivity contribution >= 4 is 23.2 Å². The zero-order valence-electron chi connectivity index (χ0n) is 9.47. The number of carboxylic acids is 1. The number of carbonyl (C=O) groups excluding carboxylic acids is 1. The molecule has 1 amide bonds. The first-order valence-electron chi connectivity index (χ1n) is 5.08. The van der Waals surface area contributed by atoms with Crippen LogP contribution in [0, 0.1) is 6.92 Å². The molecule has 0 spiro atoms. The molecule has 0 radical (unpaired) electrons. The fourth-order valence-electron chi connectivity index (χ4n) is 1.38. The molecule has 2 rings (SSSR count). The van der Waals surface area contributed by atoms with Crippen LogP contribution in [0.3, 0.4) is 0 Å². The second kappa shape index (κ2) is 5.01. The molecular formula is C11H10N2O4S. The van der Waals surface area contributed by atoms with Crippen LogP contribution in [0.25, 0.3) is 0 Å². The molecule has 0 aliphatic rings. The van der Waals surface area contributed by atoms with E-state index < -0.39 is 5.97 Å². The number of amides is 1. The van der Waals surface area contributed by atoms with Gasteiger partial charge >= 0.3 is 5.97 Å². The van der Waals surface area contributed by atoms with E-state index in [2.05, 4.69) is 10.3 Å². The second-order valence-electron chi connectivity index (χ2n) is 3.52. The van der Waals surface area contributed by atoms with E-state index in [1.54, 1.807) is 13.0 Å². The fraction of sp³-hybridized carbons (Fsp3) is 0.182. The summed E-state index contributed by atoms with van der Waals surface area (Å²) in [6.45, 7) is 1.82. The number of aromatic nitrogens is 1. The Morgan fingerprint density at radius 1 is 1.56 bits per heavy atom. The number of furan rings is 1. The maximum Gasteiger partial charge on any atom is 0.347 e. The lowest BCUT2D eigenvalue weighted by Gasteiger charge is -1.99. The predicted molar refractivity (Wildman–Crippen MR) is 63.7 cm³/mol. The number of thiazole rings is 1. The van der Waals surface area contributed by atoms with Crippen molar-refractivity contribution in [2.45, 2.75) is 13.5 Å². The van der Waals surface area contributed by atoms with Crippen molar-refractivity contribution in [3.8, 4) is 0 Å². The van der Waals surface area contributed by atoms with Gasteiger partial charge in [-0.3, -0.25) is 4.79 Å². The van der Waals surface area contributed by atoms with Crippen molar-refractivity contribution in [3.63, 3.8) is 0 Å². The van der Waals surface area contributed by atoms with E-state index >= 15 is 0 Å². The normalized spacial score (nSPS) is 10.3. The number of nitrogens with zero attached hydrogens (tertiary/aromatic N) is 1. The van der Waals surface area contributed by atoms with Crippen molar-refractivity contribution in [1.29, 1.82) is 0 Å². The quantitative estimate of drug-likeness (QED) is 0.878. The molecule has 7 heteroatoms. The Morgan fingerprint density at radius 2 is 2.33 bits per heavy atom. The zero-order valence-corrected chi connectivity index (χ0v) is 10.3. The Labute approximate surface area is 106 Å². The van der Waals surface area contributed by atoms with E-state index in [1.807, 2.05) is 0 Å². The van der Waals surface area contributed by atoms with Crippen LogP contribution in [0.4, 0.5) is 0 Å². The summed E-state index contributed by atoms with van der Waals surface area (Å²) in [7, 11) is 0. The molecule has 0 saturated heterocycles. The standard InChI is InChI=1S/C11H10N2O4S/c1-6-9(11(15)16)18-8(13-6)4-12-10(14)7-2-3-17-5-7/h2-3,5H,4H2,1H3,(H,12,14)(H,15,16). The minimum atomic E-state index is -1.00. The molecule has 0 aromatic carbocycles. The number of carboxylic acid groups (broad SMARTS) is 1. The molecule has 0 aliphatic heterocycles. The third-order valence-corrected chi connectivity index (χ3v) is 3.36. The molecule has 94 valence electrons. The van der Waals surface area contributed by atoms with Gasteiger partial charge in [0, 0.05) is 0 Å². The lowest BCUT2D eigenvalue weighted by atomic mass is 10.3. The molecule has 0 fully saturated rings. The summed E-state index contributed by atoms with van der Waals surface area (Å²) in [6.07, 6.45) is 2.75. The van der Waals surface area contributed by atoms with Crippen molar-refractivity contribution in [2.24, 2.45) is 0 Å². The second-order valence-corrected chi connectivity index (χ2v) is 4.61. The van der Waals surface area contributed by atoms with Gasteiger partial charge in [-0.05, 0) is 13.0 Å². The molecule has 0 bridgehead atoms. The number of carbonyl (C=O) groups is 2. The Morgan fingerprint density at radius 3 is 2.89 bits per heavy atom. The van der Waals surface area contributed by atoms with E-state index in [1.165, 1.54) is 12.5 Å². The van der Waals surface area contributed by atoms with Crippen LogP contribution in [-0.2, 0) is 6.54 Å². The van der Waals surface area contributed by atoms with Gasteiger partial charge in [0.25, 0.3) is 5.91 Å². The number of hydrogen-bond acceptors (Lipinski definition) is 5.